The van der Waals surface area contributed by atoms with Crippen LogP contribution in [0, 0.1) is 6.92 Å². The van der Waals surface area contributed by atoms with Crippen LogP contribution in [0.3, 0.4) is 0 Å². The van der Waals surface area contributed by atoms with Crippen LogP contribution in [0.5, 0.6) is 0 Å². The van der Waals surface area contributed by atoms with Crippen molar-refractivity contribution in [2.24, 2.45) is 0 Å². The van der Waals surface area contributed by atoms with Crippen LogP contribution in [0.4, 0.5) is 5.69 Å². The van der Waals surface area contributed by atoms with Crippen LogP contribution < -0.4 is 10.9 Å². The number of nitrogens with zero attached hydrogens (tertiary/aromatic N) is 1. The fourth-order valence-electron chi connectivity index (χ4n) is 2.77. The Morgan fingerprint density at radius 1 is 1.15 bits per heavy atom. The number of carbonyl (C=O) groups is 1. The van der Waals surface area contributed by atoms with Crippen LogP contribution in [0.1, 0.15) is 18.1 Å². The molecule has 0 fully saturated rings. The van der Waals surface area contributed by atoms with Gasteiger partial charge in [0, 0.05) is 17.3 Å². The Morgan fingerprint density at radius 2 is 1.93 bits per heavy atom. The Bertz CT molecular complexity index is 1000. The van der Waals surface area contributed by atoms with Gasteiger partial charge in [0.1, 0.15) is 0 Å². The highest BCUT2D eigenvalue weighted by molar-refractivity contribution is 7.99. The van der Waals surface area contributed by atoms with Gasteiger partial charge in [-0.2, -0.15) is 0 Å². The summed E-state index contributed by atoms with van der Waals surface area (Å²) >= 11 is 1.21. The summed E-state index contributed by atoms with van der Waals surface area (Å²) in [6.07, 6.45) is 0.846. The van der Waals surface area contributed by atoms with Crippen molar-refractivity contribution in [2.75, 3.05) is 11.1 Å². The number of nitrogens with one attached hydrogen (secondary N) is 2. The Morgan fingerprint density at radius 3 is 2.67 bits per heavy atom. The molecule has 0 saturated carbocycles. The summed E-state index contributed by atoms with van der Waals surface area (Å²) in [5, 5.41) is 3.41. The number of para-hydroxylation sites is 1. The van der Waals surface area contributed by atoms with Crippen LogP contribution in [0.25, 0.3) is 11.3 Å². The molecule has 1 amide bonds. The fraction of sp³-hybridized carbons (Fsp3) is 0.190. The molecule has 2 N–H and O–H groups in total. The summed E-state index contributed by atoms with van der Waals surface area (Å²) < 4.78 is 0. The number of rotatable bonds is 6. The van der Waals surface area contributed by atoms with Gasteiger partial charge in [-0.1, -0.05) is 67.2 Å². The number of aromatic nitrogens is 2. The first kappa shape index (κ1) is 18.9. The molecule has 0 aliphatic rings. The molecule has 0 radical (unpaired) electrons. The number of hydrogen-bond donors (Lipinski definition) is 2. The van der Waals surface area contributed by atoms with E-state index in [1.54, 1.807) is 0 Å². The lowest BCUT2D eigenvalue weighted by Gasteiger charge is -2.12. The summed E-state index contributed by atoms with van der Waals surface area (Å²) in [5.41, 5.74) is 4.22. The summed E-state index contributed by atoms with van der Waals surface area (Å²) in [5.74, 6) is 0.0374. The van der Waals surface area contributed by atoms with Gasteiger partial charge in [0.15, 0.2) is 5.16 Å². The molecule has 2 aromatic carbocycles. The van der Waals surface area contributed by atoms with Crippen molar-refractivity contribution in [3.63, 3.8) is 0 Å². The van der Waals surface area contributed by atoms with Gasteiger partial charge in [-0.3, -0.25) is 9.59 Å². The van der Waals surface area contributed by atoms with Crippen molar-refractivity contribution in [1.29, 1.82) is 0 Å². The molecule has 5 nitrogen and oxygen atoms in total. The second-order valence-electron chi connectivity index (χ2n) is 6.10. The SMILES string of the molecule is CCc1cccc(C)c1NC(=O)CSc1nc(-c2ccccc2)cc(=O)[nH]1. The molecule has 1 aromatic heterocycles. The van der Waals surface area contributed by atoms with Crippen molar-refractivity contribution < 1.29 is 4.79 Å². The lowest BCUT2D eigenvalue weighted by Crippen LogP contribution is -2.17. The number of benzene rings is 2. The van der Waals surface area contributed by atoms with Crippen LogP contribution in [0.15, 0.2) is 64.5 Å². The van der Waals surface area contributed by atoms with Gasteiger partial charge in [0.05, 0.1) is 11.4 Å². The van der Waals surface area contributed by atoms with Crippen molar-refractivity contribution >= 4 is 23.4 Å². The highest BCUT2D eigenvalue weighted by atomic mass is 32.2. The van der Waals surface area contributed by atoms with Crippen LogP contribution in [0.2, 0.25) is 0 Å². The molecule has 3 rings (SSSR count). The predicted octanol–water partition coefficient (Wildman–Crippen LogP) is 4.04. The summed E-state index contributed by atoms with van der Waals surface area (Å²) in [6, 6.07) is 16.9. The van der Waals surface area contributed by atoms with Gasteiger partial charge < -0.3 is 10.3 Å². The highest BCUT2D eigenvalue weighted by Gasteiger charge is 2.11. The quantitative estimate of drug-likeness (QED) is 0.501. The van der Waals surface area contributed by atoms with E-state index in [1.165, 1.54) is 17.8 Å². The Balaban J connectivity index is 1.71. The van der Waals surface area contributed by atoms with Gasteiger partial charge in [-0.25, -0.2) is 4.98 Å². The zero-order valence-corrected chi connectivity index (χ0v) is 16.1. The molecule has 0 saturated heterocycles. The van der Waals surface area contributed by atoms with E-state index >= 15 is 0 Å². The first-order valence-electron chi connectivity index (χ1n) is 8.74. The monoisotopic (exact) mass is 379 g/mol. The van der Waals surface area contributed by atoms with Crippen molar-refractivity contribution in [3.8, 4) is 11.3 Å². The smallest absolute Gasteiger partial charge is 0.252 e. The molecule has 0 aliphatic heterocycles. The zero-order valence-electron chi connectivity index (χ0n) is 15.3. The Hall–Kier alpha value is -2.86. The molecule has 6 heteroatoms. The molecule has 1 heterocycles. The fourth-order valence-corrected chi connectivity index (χ4v) is 3.45. The van der Waals surface area contributed by atoms with Crippen molar-refractivity contribution in [1.82, 2.24) is 9.97 Å². The number of hydrogen-bond acceptors (Lipinski definition) is 4. The van der Waals surface area contributed by atoms with Gasteiger partial charge in [0.25, 0.3) is 5.56 Å². The van der Waals surface area contributed by atoms with Gasteiger partial charge in [-0.15, -0.1) is 0 Å². The van der Waals surface area contributed by atoms with Gasteiger partial charge in [-0.05, 0) is 24.5 Å². The third kappa shape index (κ3) is 4.86. The molecule has 3 aromatic rings. The standard InChI is InChI=1S/C21H21N3O2S/c1-3-15-11-7-8-14(2)20(15)23-19(26)13-27-21-22-17(12-18(25)24-21)16-9-5-4-6-10-16/h4-12H,3,13H2,1-2H3,(H,23,26)(H,22,24,25). The van der Waals surface area contributed by atoms with Crippen LogP contribution >= 0.6 is 11.8 Å². The van der Waals surface area contributed by atoms with Crippen LogP contribution in [-0.2, 0) is 11.2 Å². The van der Waals surface area contributed by atoms with E-state index in [-0.39, 0.29) is 17.2 Å². The molecule has 0 spiro atoms. The van der Waals surface area contributed by atoms with Gasteiger partial charge in [0.2, 0.25) is 5.91 Å². The van der Waals surface area contributed by atoms with E-state index in [9.17, 15) is 9.59 Å². The van der Waals surface area contributed by atoms with E-state index in [1.807, 2.05) is 55.5 Å². The normalized spacial score (nSPS) is 10.6. The van der Waals surface area contributed by atoms with E-state index in [4.69, 9.17) is 0 Å². The third-order valence-electron chi connectivity index (χ3n) is 4.13. The minimum Gasteiger partial charge on any atom is -0.325 e. The van der Waals surface area contributed by atoms with Crippen LogP contribution in [-0.4, -0.2) is 21.6 Å². The van der Waals surface area contributed by atoms with E-state index in [0.29, 0.717) is 10.9 Å². The molecular formula is C21H21N3O2S. The lowest BCUT2D eigenvalue weighted by molar-refractivity contribution is -0.113. The van der Waals surface area contributed by atoms with Gasteiger partial charge >= 0.3 is 0 Å². The summed E-state index contributed by atoms with van der Waals surface area (Å²) in [4.78, 5) is 31.5. The van der Waals surface area contributed by atoms with E-state index in [2.05, 4.69) is 22.2 Å². The third-order valence-corrected chi connectivity index (χ3v) is 5.01. The lowest BCUT2D eigenvalue weighted by atomic mass is 10.1. The first-order valence-corrected chi connectivity index (χ1v) is 9.73. The minimum atomic E-state index is -0.237. The van der Waals surface area contributed by atoms with E-state index < -0.39 is 0 Å². The maximum Gasteiger partial charge on any atom is 0.252 e. The molecular weight excluding hydrogens is 358 g/mol. The first-order chi connectivity index (χ1) is 13.1. The average molecular weight is 379 g/mol. The maximum atomic E-state index is 12.4. The second-order valence-corrected chi connectivity index (χ2v) is 7.07. The number of carbonyl (C=O) groups excluding carboxylic acids is 1. The van der Waals surface area contributed by atoms with Crippen molar-refractivity contribution in [3.05, 3.63) is 76.1 Å². The average Bonchev–Trinajstić information content (AvgIpc) is 2.68. The zero-order chi connectivity index (χ0) is 19.2. The number of thioether (sulfide) groups is 1. The molecule has 0 aliphatic carbocycles. The molecule has 27 heavy (non-hydrogen) atoms. The summed E-state index contributed by atoms with van der Waals surface area (Å²) in [7, 11) is 0. The molecule has 0 bridgehead atoms. The summed E-state index contributed by atoms with van der Waals surface area (Å²) in [6.45, 7) is 4.03. The molecule has 138 valence electrons. The topological polar surface area (TPSA) is 74.8 Å². The maximum absolute atomic E-state index is 12.4. The Labute approximate surface area is 162 Å². The molecule has 0 atom stereocenters. The largest absolute Gasteiger partial charge is 0.325 e. The molecule has 0 unspecified atom stereocenters. The number of aromatic amines is 1. The van der Waals surface area contributed by atoms with E-state index in [0.717, 1.165) is 28.8 Å². The number of aryl methyl sites for hydroxylation is 2. The minimum absolute atomic E-state index is 0.128. The number of H-pyrrole nitrogens is 1. The number of anilines is 1. The second kappa shape index (κ2) is 8.68. The highest BCUT2D eigenvalue weighted by Crippen LogP contribution is 2.22. The number of amides is 1. The predicted molar refractivity (Wildman–Crippen MR) is 110 cm³/mol. The Kier molecular flexibility index (Phi) is 6.08. The van der Waals surface area contributed by atoms with Crippen molar-refractivity contribution in [2.45, 2.75) is 25.4 Å².